The summed E-state index contributed by atoms with van der Waals surface area (Å²) in [4.78, 5) is 0.785. The van der Waals surface area contributed by atoms with Crippen molar-refractivity contribution in [2.75, 3.05) is 13.6 Å². The van der Waals surface area contributed by atoms with Crippen LogP contribution < -0.4 is 5.32 Å². The van der Waals surface area contributed by atoms with Crippen molar-refractivity contribution in [1.82, 2.24) is 5.32 Å². The molecule has 1 rings (SSSR count). The molecule has 0 saturated carbocycles. The van der Waals surface area contributed by atoms with E-state index in [-0.39, 0.29) is 0 Å². The Morgan fingerprint density at radius 3 is 2.73 bits per heavy atom. The topological polar surface area (TPSA) is 52.5 Å². The highest BCUT2D eigenvalue weighted by Crippen LogP contribution is 2.20. The lowest BCUT2D eigenvalue weighted by atomic mass is 10.0. The molecule has 3 nitrogen and oxygen atoms in total. The lowest BCUT2D eigenvalue weighted by Crippen LogP contribution is -2.23. The van der Waals surface area contributed by atoms with Crippen LogP contribution in [0.4, 0.5) is 0 Å². The third-order valence-electron chi connectivity index (χ3n) is 2.27. The van der Waals surface area contributed by atoms with Crippen LogP contribution in [0.2, 0.25) is 0 Å². The normalized spacial score (nSPS) is 14.9. The molecule has 84 valence electrons. The van der Waals surface area contributed by atoms with E-state index in [2.05, 4.69) is 17.9 Å². The summed E-state index contributed by atoms with van der Waals surface area (Å²) in [7, 11) is 1.81. The van der Waals surface area contributed by atoms with Crippen molar-refractivity contribution >= 4 is 12.6 Å². The summed E-state index contributed by atoms with van der Waals surface area (Å²) in [6.45, 7) is 0.679. The average molecular weight is 227 g/mol. The minimum absolute atomic E-state index is 0.522. The van der Waals surface area contributed by atoms with Crippen molar-refractivity contribution in [3.8, 4) is 0 Å². The molecule has 0 aliphatic carbocycles. The maximum atomic E-state index is 9.83. The molecule has 0 saturated heterocycles. The predicted octanol–water partition coefficient (Wildman–Crippen LogP) is 0.979. The maximum Gasteiger partial charge on any atom is 0.105 e. The predicted molar refractivity (Wildman–Crippen MR) is 63.2 cm³/mol. The molecular weight excluding hydrogens is 210 g/mol. The molecule has 2 unspecified atom stereocenters. The van der Waals surface area contributed by atoms with E-state index in [1.807, 2.05) is 19.2 Å². The Labute approximate surface area is 95.5 Å². The van der Waals surface area contributed by atoms with Gasteiger partial charge >= 0.3 is 0 Å². The SMILES string of the molecule is CNCCC(O)C(O)c1cccc(S)c1. The largest absolute Gasteiger partial charge is 0.390 e. The zero-order valence-electron chi connectivity index (χ0n) is 8.72. The van der Waals surface area contributed by atoms with Gasteiger partial charge in [-0.05, 0) is 37.7 Å². The molecule has 0 aliphatic heterocycles. The number of hydrogen-bond donors (Lipinski definition) is 4. The molecule has 0 bridgehead atoms. The Balaban J connectivity index is 2.62. The average Bonchev–Trinajstić information content (AvgIpc) is 2.24. The van der Waals surface area contributed by atoms with Crippen LogP contribution in [0.25, 0.3) is 0 Å². The van der Waals surface area contributed by atoms with Crippen LogP contribution in [0.1, 0.15) is 18.1 Å². The first-order chi connectivity index (χ1) is 7.15. The third-order valence-corrected chi connectivity index (χ3v) is 2.54. The number of aliphatic hydroxyl groups excluding tert-OH is 2. The van der Waals surface area contributed by atoms with E-state index in [4.69, 9.17) is 0 Å². The summed E-state index contributed by atoms with van der Waals surface area (Å²) in [5.41, 5.74) is 0.700. The van der Waals surface area contributed by atoms with Crippen molar-refractivity contribution < 1.29 is 10.2 Å². The Morgan fingerprint density at radius 2 is 2.13 bits per heavy atom. The van der Waals surface area contributed by atoms with Gasteiger partial charge in [0.05, 0.1) is 6.10 Å². The molecule has 0 radical (unpaired) electrons. The summed E-state index contributed by atoms with van der Waals surface area (Å²) >= 11 is 4.18. The molecule has 15 heavy (non-hydrogen) atoms. The van der Waals surface area contributed by atoms with E-state index in [0.29, 0.717) is 18.5 Å². The van der Waals surface area contributed by atoms with Crippen molar-refractivity contribution in [3.05, 3.63) is 29.8 Å². The number of benzene rings is 1. The molecule has 0 aliphatic rings. The summed E-state index contributed by atoms with van der Waals surface area (Å²) in [6.07, 6.45) is -1.06. The molecule has 0 aromatic heterocycles. The standard InChI is InChI=1S/C11H17NO2S/c1-12-6-5-10(13)11(14)8-3-2-4-9(15)7-8/h2-4,7,10-15H,5-6H2,1H3. The lowest BCUT2D eigenvalue weighted by molar-refractivity contribution is 0.0139. The highest BCUT2D eigenvalue weighted by Gasteiger charge is 2.17. The first-order valence-electron chi connectivity index (χ1n) is 4.95. The van der Waals surface area contributed by atoms with Gasteiger partial charge in [-0.15, -0.1) is 12.6 Å². The van der Waals surface area contributed by atoms with Gasteiger partial charge in [-0.25, -0.2) is 0 Å². The zero-order valence-corrected chi connectivity index (χ0v) is 9.61. The number of thiol groups is 1. The van der Waals surface area contributed by atoms with Crippen LogP contribution >= 0.6 is 12.6 Å². The van der Waals surface area contributed by atoms with Crippen LogP contribution in [-0.2, 0) is 0 Å². The van der Waals surface area contributed by atoms with Gasteiger partial charge in [-0.1, -0.05) is 12.1 Å². The van der Waals surface area contributed by atoms with Crippen molar-refractivity contribution in [2.45, 2.75) is 23.5 Å². The fourth-order valence-corrected chi connectivity index (χ4v) is 1.62. The molecule has 1 aromatic rings. The van der Waals surface area contributed by atoms with Crippen LogP contribution in [0.3, 0.4) is 0 Å². The minimum atomic E-state index is -0.842. The van der Waals surface area contributed by atoms with Crippen LogP contribution in [0.5, 0.6) is 0 Å². The quantitative estimate of drug-likeness (QED) is 0.567. The van der Waals surface area contributed by atoms with Crippen molar-refractivity contribution in [3.63, 3.8) is 0 Å². The number of rotatable bonds is 5. The summed E-state index contributed by atoms with van der Waals surface area (Å²) in [5.74, 6) is 0. The van der Waals surface area contributed by atoms with Gasteiger partial charge < -0.3 is 15.5 Å². The second-order valence-electron chi connectivity index (χ2n) is 3.50. The second kappa shape index (κ2) is 6.12. The molecular formula is C11H17NO2S. The Morgan fingerprint density at radius 1 is 1.40 bits per heavy atom. The molecule has 0 spiro atoms. The number of aliphatic hydroxyl groups is 2. The highest BCUT2D eigenvalue weighted by atomic mass is 32.1. The van der Waals surface area contributed by atoms with Gasteiger partial charge in [-0.2, -0.15) is 0 Å². The molecule has 4 heteroatoms. The molecule has 0 amide bonds. The third kappa shape index (κ3) is 3.83. The molecule has 3 N–H and O–H groups in total. The first-order valence-corrected chi connectivity index (χ1v) is 5.39. The van der Waals surface area contributed by atoms with Crippen LogP contribution in [0, 0.1) is 0 Å². The van der Waals surface area contributed by atoms with E-state index in [1.54, 1.807) is 12.1 Å². The van der Waals surface area contributed by atoms with Crippen molar-refractivity contribution in [2.24, 2.45) is 0 Å². The fourth-order valence-electron chi connectivity index (χ4n) is 1.38. The lowest BCUT2D eigenvalue weighted by Gasteiger charge is -2.18. The summed E-state index contributed by atoms with van der Waals surface area (Å²) < 4.78 is 0. The zero-order chi connectivity index (χ0) is 11.3. The van der Waals surface area contributed by atoms with Gasteiger partial charge in [0.15, 0.2) is 0 Å². The van der Waals surface area contributed by atoms with Gasteiger partial charge in [0, 0.05) is 4.90 Å². The van der Waals surface area contributed by atoms with E-state index < -0.39 is 12.2 Å². The molecule has 2 atom stereocenters. The molecule has 0 heterocycles. The van der Waals surface area contributed by atoms with Gasteiger partial charge in [0.2, 0.25) is 0 Å². The van der Waals surface area contributed by atoms with Crippen molar-refractivity contribution in [1.29, 1.82) is 0 Å². The second-order valence-corrected chi connectivity index (χ2v) is 4.02. The van der Waals surface area contributed by atoms with E-state index in [9.17, 15) is 10.2 Å². The van der Waals surface area contributed by atoms with Crippen LogP contribution in [0.15, 0.2) is 29.2 Å². The smallest absolute Gasteiger partial charge is 0.105 e. The monoisotopic (exact) mass is 227 g/mol. The van der Waals surface area contributed by atoms with E-state index >= 15 is 0 Å². The summed E-state index contributed by atoms with van der Waals surface area (Å²) in [6, 6.07) is 7.19. The van der Waals surface area contributed by atoms with Gasteiger partial charge in [0.1, 0.15) is 6.10 Å². The highest BCUT2D eigenvalue weighted by molar-refractivity contribution is 7.80. The van der Waals surface area contributed by atoms with Gasteiger partial charge in [0.25, 0.3) is 0 Å². The summed E-state index contributed by atoms with van der Waals surface area (Å²) in [5, 5.41) is 22.4. The van der Waals surface area contributed by atoms with Crippen LogP contribution in [-0.4, -0.2) is 29.9 Å². The molecule has 1 aromatic carbocycles. The van der Waals surface area contributed by atoms with E-state index in [1.165, 1.54) is 0 Å². The Bertz CT molecular complexity index is 306. The first kappa shape index (κ1) is 12.5. The Kier molecular flexibility index (Phi) is 5.11. The maximum absolute atomic E-state index is 9.83. The Hall–Kier alpha value is -0.550. The number of nitrogens with one attached hydrogen (secondary N) is 1. The van der Waals surface area contributed by atoms with E-state index in [0.717, 1.165) is 4.90 Å². The minimum Gasteiger partial charge on any atom is -0.390 e. The fraction of sp³-hybridized carbons (Fsp3) is 0.455. The number of hydrogen-bond acceptors (Lipinski definition) is 4. The van der Waals surface area contributed by atoms with Gasteiger partial charge in [-0.3, -0.25) is 0 Å². The molecule has 0 fully saturated rings.